The van der Waals surface area contributed by atoms with Crippen molar-refractivity contribution in [2.24, 2.45) is 17.6 Å². The predicted molar refractivity (Wildman–Crippen MR) is 103 cm³/mol. The molecule has 0 aliphatic carbocycles. The van der Waals surface area contributed by atoms with Crippen LogP contribution in [-0.2, 0) is 6.54 Å². The Morgan fingerprint density at radius 2 is 1.36 bits per heavy atom. The number of hydrogen-bond donors (Lipinski definition) is 1. The average Bonchev–Trinajstić information content (AvgIpc) is 3.19. The number of benzene rings is 2. The van der Waals surface area contributed by atoms with Gasteiger partial charge in [-0.15, -0.1) is 0 Å². The van der Waals surface area contributed by atoms with Gasteiger partial charge in [0.2, 0.25) is 0 Å². The van der Waals surface area contributed by atoms with Gasteiger partial charge in [0.05, 0.1) is 0 Å². The molecule has 25 heavy (non-hydrogen) atoms. The van der Waals surface area contributed by atoms with Gasteiger partial charge in [-0.3, -0.25) is 4.90 Å². The molecule has 2 heterocycles. The summed E-state index contributed by atoms with van der Waals surface area (Å²) in [6.45, 7) is 7.23. The molecule has 3 atom stereocenters. The van der Waals surface area contributed by atoms with Crippen molar-refractivity contribution in [3.63, 3.8) is 0 Å². The molecule has 0 aromatic heterocycles. The summed E-state index contributed by atoms with van der Waals surface area (Å²) < 4.78 is 0. The molecule has 2 saturated heterocycles. The Labute approximate surface area is 151 Å². The Balaban J connectivity index is 1.23. The Morgan fingerprint density at radius 3 is 2.00 bits per heavy atom. The molecule has 2 N–H and O–H groups in total. The van der Waals surface area contributed by atoms with Gasteiger partial charge in [0.25, 0.3) is 0 Å². The minimum absolute atomic E-state index is 0.163. The summed E-state index contributed by atoms with van der Waals surface area (Å²) in [6.07, 6.45) is 1.05. The lowest BCUT2D eigenvalue weighted by Gasteiger charge is -2.22. The zero-order valence-electron chi connectivity index (χ0n) is 14.9. The molecule has 132 valence electrons. The SMILES string of the molecule is N[C@@H](CCN1CC2CN(Cc3ccccc3)CC2C1)c1ccccc1. The van der Waals surface area contributed by atoms with E-state index in [1.165, 1.54) is 37.3 Å². The van der Waals surface area contributed by atoms with E-state index in [-0.39, 0.29) is 6.04 Å². The molecule has 2 aliphatic rings. The van der Waals surface area contributed by atoms with Crippen LogP contribution in [0.1, 0.15) is 23.6 Å². The van der Waals surface area contributed by atoms with E-state index in [1.807, 2.05) is 0 Å². The predicted octanol–water partition coefficient (Wildman–Crippen LogP) is 3.14. The van der Waals surface area contributed by atoms with Crippen molar-refractivity contribution < 1.29 is 0 Å². The maximum Gasteiger partial charge on any atom is 0.0307 e. The second-order valence-corrected chi connectivity index (χ2v) is 7.77. The molecule has 3 nitrogen and oxygen atoms in total. The van der Waals surface area contributed by atoms with Crippen LogP contribution in [0.2, 0.25) is 0 Å². The fraction of sp³-hybridized carbons (Fsp3) is 0.455. The summed E-state index contributed by atoms with van der Waals surface area (Å²) in [6, 6.07) is 21.5. The number of nitrogens with zero attached hydrogens (tertiary/aromatic N) is 2. The Morgan fingerprint density at radius 1 is 0.800 bits per heavy atom. The summed E-state index contributed by atoms with van der Waals surface area (Å²) in [5.74, 6) is 1.69. The first-order chi connectivity index (χ1) is 12.3. The first kappa shape index (κ1) is 16.8. The molecule has 0 radical (unpaired) electrons. The number of rotatable bonds is 6. The van der Waals surface area contributed by atoms with E-state index in [0.29, 0.717) is 0 Å². The first-order valence-corrected chi connectivity index (χ1v) is 9.57. The molecule has 0 bridgehead atoms. The van der Waals surface area contributed by atoms with Gasteiger partial charge in [-0.25, -0.2) is 0 Å². The standard InChI is InChI=1S/C22H29N3/c23-22(19-9-5-2-6-10-19)11-12-24-14-20-16-25(17-21(20)15-24)13-18-7-3-1-4-8-18/h1-10,20-22H,11-17,23H2/t20?,21?,22-/m0/s1. The molecule has 2 unspecified atom stereocenters. The lowest BCUT2D eigenvalue weighted by Crippen LogP contribution is -2.30. The van der Waals surface area contributed by atoms with Crippen LogP contribution in [0.15, 0.2) is 60.7 Å². The molecule has 2 aromatic rings. The van der Waals surface area contributed by atoms with Crippen LogP contribution in [0.5, 0.6) is 0 Å². The van der Waals surface area contributed by atoms with E-state index < -0.39 is 0 Å². The zero-order valence-corrected chi connectivity index (χ0v) is 14.9. The summed E-state index contributed by atoms with van der Waals surface area (Å²) in [5.41, 5.74) is 9.06. The summed E-state index contributed by atoms with van der Waals surface area (Å²) in [4.78, 5) is 5.27. The van der Waals surface area contributed by atoms with E-state index in [2.05, 4.69) is 70.5 Å². The van der Waals surface area contributed by atoms with Crippen molar-refractivity contribution in [2.75, 3.05) is 32.7 Å². The Hall–Kier alpha value is -1.68. The molecule has 0 spiro atoms. The number of likely N-dealkylation sites (tertiary alicyclic amines) is 2. The normalized spacial score (nSPS) is 25.2. The van der Waals surface area contributed by atoms with Gasteiger partial charge in [0.15, 0.2) is 0 Å². The van der Waals surface area contributed by atoms with Crippen molar-refractivity contribution in [2.45, 2.75) is 19.0 Å². The van der Waals surface area contributed by atoms with Crippen LogP contribution in [0.4, 0.5) is 0 Å². The Kier molecular flexibility index (Phi) is 5.16. The fourth-order valence-electron chi connectivity index (χ4n) is 4.53. The molecule has 3 heteroatoms. The molecule has 0 saturated carbocycles. The van der Waals surface area contributed by atoms with Gasteiger partial charge < -0.3 is 10.6 Å². The van der Waals surface area contributed by atoms with Crippen LogP contribution >= 0.6 is 0 Å². The summed E-state index contributed by atoms with van der Waals surface area (Å²) in [7, 11) is 0. The van der Waals surface area contributed by atoms with Crippen LogP contribution in [0.25, 0.3) is 0 Å². The van der Waals surface area contributed by atoms with E-state index in [9.17, 15) is 0 Å². The highest BCUT2D eigenvalue weighted by Gasteiger charge is 2.39. The fourth-order valence-corrected chi connectivity index (χ4v) is 4.53. The highest BCUT2D eigenvalue weighted by Crippen LogP contribution is 2.32. The van der Waals surface area contributed by atoms with Crippen LogP contribution < -0.4 is 5.73 Å². The van der Waals surface area contributed by atoms with E-state index in [4.69, 9.17) is 5.73 Å². The van der Waals surface area contributed by atoms with Gasteiger partial charge >= 0.3 is 0 Å². The number of nitrogens with two attached hydrogens (primary N) is 1. The summed E-state index contributed by atoms with van der Waals surface area (Å²) in [5, 5.41) is 0. The number of fused-ring (bicyclic) bond motifs is 1. The molecule has 2 fully saturated rings. The van der Waals surface area contributed by atoms with Crippen molar-refractivity contribution in [1.82, 2.24) is 9.80 Å². The highest BCUT2D eigenvalue weighted by molar-refractivity contribution is 5.18. The minimum Gasteiger partial charge on any atom is -0.324 e. The van der Waals surface area contributed by atoms with Gasteiger partial charge in [0, 0.05) is 38.8 Å². The smallest absolute Gasteiger partial charge is 0.0307 e. The molecule has 4 rings (SSSR count). The van der Waals surface area contributed by atoms with Crippen LogP contribution in [0.3, 0.4) is 0 Å². The number of hydrogen-bond acceptors (Lipinski definition) is 3. The molecule has 2 aromatic carbocycles. The second kappa shape index (κ2) is 7.69. The maximum atomic E-state index is 6.36. The van der Waals surface area contributed by atoms with Crippen molar-refractivity contribution >= 4 is 0 Å². The third kappa shape index (κ3) is 4.12. The first-order valence-electron chi connectivity index (χ1n) is 9.57. The largest absolute Gasteiger partial charge is 0.324 e. The van der Waals surface area contributed by atoms with E-state index >= 15 is 0 Å². The van der Waals surface area contributed by atoms with E-state index in [0.717, 1.165) is 31.3 Å². The molecule has 0 amide bonds. The maximum absolute atomic E-state index is 6.36. The third-order valence-corrected chi connectivity index (χ3v) is 5.87. The zero-order chi connectivity index (χ0) is 17.1. The topological polar surface area (TPSA) is 32.5 Å². The van der Waals surface area contributed by atoms with Crippen molar-refractivity contribution in [3.05, 3.63) is 71.8 Å². The van der Waals surface area contributed by atoms with Crippen molar-refractivity contribution in [1.29, 1.82) is 0 Å². The van der Waals surface area contributed by atoms with E-state index in [1.54, 1.807) is 0 Å². The lowest BCUT2D eigenvalue weighted by molar-refractivity contribution is 0.246. The van der Waals surface area contributed by atoms with Crippen LogP contribution in [0, 0.1) is 11.8 Å². The molecule has 2 aliphatic heterocycles. The van der Waals surface area contributed by atoms with Crippen LogP contribution in [-0.4, -0.2) is 42.5 Å². The third-order valence-electron chi connectivity index (χ3n) is 5.87. The quantitative estimate of drug-likeness (QED) is 0.880. The second-order valence-electron chi connectivity index (χ2n) is 7.77. The lowest BCUT2D eigenvalue weighted by atomic mass is 10.0. The van der Waals surface area contributed by atoms with Gasteiger partial charge in [-0.2, -0.15) is 0 Å². The monoisotopic (exact) mass is 335 g/mol. The van der Waals surface area contributed by atoms with Gasteiger partial charge in [-0.1, -0.05) is 60.7 Å². The summed E-state index contributed by atoms with van der Waals surface area (Å²) >= 11 is 0. The molecular weight excluding hydrogens is 306 g/mol. The molecular formula is C22H29N3. The minimum atomic E-state index is 0.163. The highest BCUT2D eigenvalue weighted by atomic mass is 15.2. The van der Waals surface area contributed by atoms with Crippen molar-refractivity contribution in [3.8, 4) is 0 Å². The van der Waals surface area contributed by atoms with Gasteiger partial charge in [0.1, 0.15) is 0 Å². The van der Waals surface area contributed by atoms with Gasteiger partial charge in [-0.05, 0) is 35.9 Å². The Bertz CT molecular complexity index is 643. The average molecular weight is 335 g/mol.